The first kappa shape index (κ1) is 14.2. The van der Waals surface area contributed by atoms with Gasteiger partial charge in [0.2, 0.25) is 0 Å². The minimum absolute atomic E-state index is 0.589. The summed E-state index contributed by atoms with van der Waals surface area (Å²) in [6, 6.07) is 0.589. The summed E-state index contributed by atoms with van der Waals surface area (Å²) in [5.41, 5.74) is 0. The average Bonchev–Trinajstić information content (AvgIpc) is 2.17. The summed E-state index contributed by atoms with van der Waals surface area (Å²) >= 11 is 0. The molecular formula is C11H25N. The van der Waals surface area contributed by atoms with E-state index in [1.807, 2.05) is 27.7 Å². The maximum atomic E-state index is 4.29. The van der Waals surface area contributed by atoms with Crippen LogP contribution in [0.4, 0.5) is 0 Å². The Balaban J connectivity index is 0. The van der Waals surface area contributed by atoms with Gasteiger partial charge in [-0.1, -0.05) is 34.6 Å². The van der Waals surface area contributed by atoms with Crippen molar-refractivity contribution < 1.29 is 0 Å². The van der Waals surface area contributed by atoms with Gasteiger partial charge in [0.1, 0.15) is 0 Å². The van der Waals surface area contributed by atoms with E-state index in [-0.39, 0.29) is 0 Å². The van der Waals surface area contributed by atoms with Crippen LogP contribution in [0.5, 0.6) is 0 Å². The van der Waals surface area contributed by atoms with Crippen LogP contribution < -0.4 is 0 Å². The highest BCUT2D eigenvalue weighted by molar-refractivity contribution is 5.61. The lowest BCUT2D eigenvalue weighted by atomic mass is 10.0. The third-order valence-electron chi connectivity index (χ3n) is 1.63. The molecular weight excluding hydrogens is 146 g/mol. The smallest absolute Gasteiger partial charge is 0.0467 e. The second-order valence-electron chi connectivity index (χ2n) is 2.70. The number of nitrogens with zero attached hydrogens (tertiary/aromatic N) is 1. The number of rotatable bonds is 0. The molecule has 1 heteroatoms. The third-order valence-corrected chi connectivity index (χ3v) is 1.63. The van der Waals surface area contributed by atoms with Gasteiger partial charge in [-0.05, 0) is 25.7 Å². The van der Waals surface area contributed by atoms with E-state index >= 15 is 0 Å². The van der Waals surface area contributed by atoms with Crippen molar-refractivity contribution in [3.05, 3.63) is 0 Å². The highest BCUT2D eigenvalue weighted by atomic mass is 14.8. The van der Waals surface area contributed by atoms with Gasteiger partial charge in [0, 0.05) is 12.3 Å². The van der Waals surface area contributed by atoms with Crippen molar-refractivity contribution in [3.63, 3.8) is 0 Å². The van der Waals surface area contributed by atoms with E-state index in [9.17, 15) is 0 Å². The first-order valence-corrected chi connectivity index (χ1v) is 5.32. The second kappa shape index (κ2) is 10.7. The fourth-order valence-corrected chi connectivity index (χ4v) is 0.947. The number of hydrogen-bond acceptors (Lipinski definition) is 1. The van der Waals surface area contributed by atoms with Crippen LogP contribution in [-0.2, 0) is 0 Å². The zero-order valence-corrected chi connectivity index (χ0v) is 9.59. The molecule has 2 atom stereocenters. The highest BCUT2D eigenvalue weighted by Crippen LogP contribution is 2.13. The predicted octanol–water partition coefficient (Wildman–Crippen LogP) is 3.93. The van der Waals surface area contributed by atoms with Gasteiger partial charge in [-0.25, -0.2) is 0 Å². The van der Waals surface area contributed by atoms with E-state index < -0.39 is 0 Å². The molecule has 1 nitrogen and oxygen atoms in total. The summed E-state index contributed by atoms with van der Waals surface area (Å²) < 4.78 is 0. The molecule has 74 valence electrons. The standard InChI is InChI=1S/C7H13N.2C2H6/c1-6-3-4-7(2)8-5-6;2*1-2/h5-7H,3-4H2,1-2H3;2*1-2H3. The van der Waals surface area contributed by atoms with E-state index in [1.165, 1.54) is 12.8 Å². The van der Waals surface area contributed by atoms with Crippen LogP contribution in [-0.4, -0.2) is 12.3 Å². The summed E-state index contributed by atoms with van der Waals surface area (Å²) in [6.07, 6.45) is 4.68. The van der Waals surface area contributed by atoms with Crippen LogP contribution >= 0.6 is 0 Å². The Hall–Kier alpha value is -0.330. The normalized spacial score (nSPS) is 26.2. The van der Waals surface area contributed by atoms with Crippen molar-refractivity contribution in [1.29, 1.82) is 0 Å². The summed E-state index contributed by atoms with van der Waals surface area (Å²) in [5, 5.41) is 0. The molecule has 0 spiro atoms. The van der Waals surface area contributed by atoms with E-state index in [2.05, 4.69) is 25.1 Å². The lowest BCUT2D eigenvalue weighted by molar-refractivity contribution is 0.543. The van der Waals surface area contributed by atoms with Gasteiger partial charge < -0.3 is 0 Å². The maximum absolute atomic E-state index is 4.29. The van der Waals surface area contributed by atoms with Gasteiger partial charge in [-0.2, -0.15) is 0 Å². The molecule has 0 amide bonds. The zero-order chi connectivity index (χ0) is 9.98. The van der Waals surface area contributed by atoms with Crippen LogP contribution in [0.25, 0.3) is 0 Å². The Labute approximate surface area is 78.3 Å². The molecule has 1 rings (SSSR count). The summed E-state index contributed by atoms with van der Waals surface area (Å²) in [5.74, 6) is 0.728. The van der Waals surface area contributed by atoms with E-state index in [0.29, 0.717) is 6.04 Å². The Morgan fingerprint density at radius 2 is 1.50 bits per heavy atom. The van der Waals surface area contributed by atoms with Crippen molar-refractivity contribution in [1.82, 2.24) is 0 Å². The Morgan fingerprint density at radius 3 is 1.75 bits per heavy atom. The van der Waals surface area contributed by atoms with E-state index in [1.54, 1.807) is 0 Å². The molecule has 0 aliphatic carbocycles. The average molecular weight is 171 g/mol. The van der Waals surface area contributed by atoms with Crippen molar-refractivity contribution in [2.75, 3.05) is 0 Å². The van der Waals surface area contributed by atoms with Gasteiger partial charge in [-0.15, -0.1) is 0 Å². The van der Waals surface area contributed by atoms with Crippen LogP contribution in [0.2, 0.25) is 0 Å². The number of aliphatic imine (C=N–C) groups is 1. The summed E-state index contributed by atoms with van der Waals surface area (Å²) in [7, 11) is 0. The molecule has 0 aromatic rings. The Bertz CT molecular complexity index is 85.2. The molecule has 12 heavy (non-hydrogen) atoms. The molecule has 0 radical (unpaired) electrons. The lowest BCUT2D eigenvalue weighted by Gasteiger charge is -2.14. The fourth-order valence-electron chi connectivity index (χ4n) is 0.947. The minimum Gasteiger partial charge on any atom is -0.294 e. The lowest BCUT2D eigenvalue weighted by Crippen LogP contribution is -2.10. The minimum atomic E-state index is 0.589. The van der Waals surface area contributed by atoms with Gasteiger partial charge in [0.05, 0.1) is 0 Å². The molecule has 1 aliphatic heterocycles. The largest absolute Gasteiger partial charge is 0.294 e. The predicted molar refractivity (Wildman–Crippen MR) is 59.0 cm³/mol. The monoisotopic (exact) mass is 171 g/mol. The van der Waals surface area contributed by atoms with Gasteiger partial charge in [0.25, 0.3) is 0 Å². The molecule has 2 unspecified atom stereocenters. The van der Waals surface area contributed by atoms with Gasteiger partial charge >= 0.3 is 0 Å². The summed E-state index contributed by atoms with van der Waals surface area (Å²) in [4.78, 5) is 4.29. The maximum Gasteiger partial charge on any atom is 0.0467 e. The Kier molecular flexibility index (Phi) is 12.6. The number of hydrogen-bond donors (Lipinski definition) is 0. The SMILES string of the molecule is CC.CC.CC1C=NC(C)CC1. The summed E-state index contributed by atoms with van der Waals surface area (Å²) in [6.45, 7) is 12.4. The molecule has 0 N–H and O–H groups in total. The second-order valence-corrected chi connectivity index (χ2v) is 2.70. The molecule has 0 fully saturated rings. The first-order chi connectivity index (χ1) is 5.79. The van der Waals surface area contributed by atoms with E-state index in [0.717, 1.165) is 5.92 Å². The fraction of sp³-hybridized carbons (Fsp3) is 0.909. The molecule has 0 aromatic carbocycles. The highest BCUT2D eigenvalue weighted by Gasteiger charge is 2.07. The van der Waals surface area contributed by atoms with Crippen molar-refractivity contribution in [3.8, 4) is 0 Å². The molecule has 0 aromatic heterocycles. The quantitative estimate of drug-likeness (QED) is 0.523. The molecule has 1 heterocycles. The molecule has 0 saturated carbocycles. The Morgan fingerprint density at radius 1 is 1.00 bits per heavy atom. The van der Waals surface area contributed by atoms with Gasteiger partial charge in [0.15, 0.2) is 0 Å². The molecule has 0 saturated heterocycles. The third kappa shape index (κ3) is 7.77. The molecule has 1 aliphatic rings. The molecule has 0 bridgehead atoms. The zero-order valence-electron chi connectivity index (χ0n) is 9.59. The van der Waals surface area contributed by atoms with Crippen LogP contribution in [0.15, 0.2) is 4.99 Å². The first-order valence-electron chi connectivity index (χ1n) is 5.32. The van der Waals surface area contributed by atoms with Crippen molar-refractivity contribution in [2.24, 2.45) is 10.9 Å². The van der Waals surface area contributed by atoms with Crippen molar-refractivity contribution >= 4 is 6.21 Å². The topological polar surface area (TPSA) is 12.4 Å². The van der Waals surface area contributed by atoms with Crippen LogP contribution in [0.3, 0.4) is 0 Å². The van der Waals surface area contributed by atoms with Gasteiger partial charge in [-0.3, -0.25) is 4.99 Å². The van der Waals surface area contributed by atoms with E-state index in [4.69, 9.17) is 0 Å². The van der Waals surface area contributed by atoms with Crippen molar-refractivity contribution in [2.45, 2.75) is 60.4 Å². The van der Waals surface area contributed by atoms with Crippen LogP contribution in [0, 0.1) is 5.92 Å². The van der Waals surface area contributed by atoms with Crippen LogP contribution in [0.1, 0.15) is 54.4 Å².